The van der Waals surface area contributed by atoms with Crippen LogP contribution in [0.3, 0.4) is 0 Å². The molecule has 114 valence electrons. The summed E-state index contributed by atoms with van der Waals surface area (Å²) < 4.78 is 34.8. The van der Waals surface area contributed by atoms with Gasteiger partial charge in [0, 0.05) is 18.0 Å². The predicted molar refractivity (Wildman–Crippen MR) is 72.9 cm³/mol. The molecule has 0 spiro atoms. The lowest BCUT2D eigenvalue weighted by Crippen LogP contribution is -2.11. The molecular weight excluding hydrogens is 296 g/mol. The molecule has 0 radical (unpaired) electrons. The van der Waals surface area contributed by atoms with Crippen LogP contribution in [0.1, 0.15) is 16.1 Å². The Kier molecular flexibility index (Phi) is 4.27. The van der Waals surface area contributed by atoms with Crippen molar-refractivity contribution in [1.29, 1.82) is 5.26 Å². The number of rotatable bonds is 4. The van der Waals surface area contributed by atoms with Gasteiger partial charge < -0.3 is 19.8 Å². The number of halogens is 2. The average Bonchev–Trinajstić information content (AvgIpc) is 2.83. The van der Waals surface area contributed by atoms with Gasteiger partial charge in [-0.3, -0.25) is 0 Å². The van der Waals surface area contributed by atoms with Gasteiger partial charge in [-0.15, -0.1) is 0 Å². The van der Waals surface area contributed by atoms with Crippen molar-refractivity contribution in [2.45, 2.75) is 6.61 Å². The third-order valence-electron chi connectivity index (χ3n) is 2.86. The molecular formula is C14H11F2N3O3. The first-order chi connectivity index (χ1) is 10.5. The lowest BCUT2D eigenvalue weighted by atomic mass is 10.2. The van der Waals surface area contributed by atoms with E-state index in [1.807, 2.05) is 6.07 Å². The monoisotopic (exact) mass is 307 g/mol. The molecule has 0 amide bonds. The van der Waals surface area contributed by atoms with Gasteiger partial charge in [0.2, 0.25) is 0 Å². The Bertz CT molecular complexity index is 750. The highest BCUT2D eigenvalue weighted by Crippen LogP contribution is 2.26. The highest BCUT2D eigenvalue weighted by molar-refractivity contribution is 5.95. The lowest BCUT2D eigenvalue weighted by molar-refractivity contribution is -0.0498. The van der Waals surface area contributed by atoms with E-state index in [9.17, 15) is 13.6 Å². The molecule has 0 bridgehead atoms. The van der Waals surface area contributed by atoms with Crippen molar-refractivity contribution in [3.63, 3.8) is 0 Å². The van der Waals surface area contributed by atoms with Crippen molar-refractivity contribution in [2.75, 3.05) is 12.8 Å². The maximum Gasteiger partial charge on any atom is 0.387 e. The number of aromatic nitrogens is 1. The number of anilines is 1. The topological polar surface area (TPSA) is 90.3 Å². The smallest absolute Gasteiger partial charge is 0.387 e. The zero-order valence-corrected chi connectivity index (χ0v) is 11.4. The number of carbonyl (C=O) groups excluding carboxylic acids is 1. The number of methoxy groups -OCH3 is 1. The fourth-order valence-corrected chi connectivity index (χ4v) is 1.93. The third kappa shape index (κ3) is 2.83. The summed E-state index contributed by atoms with van der Waals surface area (Å²) in [5, 5.41) is 9.01. The number of benzene rings is 1. The molecule has 0 atom stereocenters. The summed E-state index contributed by atoms with van der Waals surface area (Å²) in [5.74, 6) is -0.840. The molecule has 0 saturated heterocycles. The zero-order valence-electron chi connectivity index (χ0n) is 11.4. The SMILES string of the molecule is COC(=O)c1c(N)c(C#N)cn1-c1cccc(OC(F)F)c1. The Morgan fingerprint density at radius 3 is 2.77 bits per heavy atom. The van der Waals surface area contributed by atoms with Crippen molar-refractivity contribution in [3.8, 4) is 17.5 Å². The second-order valence-corrected chi connectivity index (χ2v) is 4.15. The molecule has 6 nitrogen and oxygen atoms in total. The largest absolute Gasteiger partial charge is 0.464 e. The first-order valence-corrected chi connectivity index (χ1v) is 6.02. The van der Waals surface area contributed by atoms with Gasteiger partial charge in [-0.1, -0.05) is 6.07 Å². The summed E-state index contributed by atoms with van der Waals surface area (Å²) in [6, 6.07) is 7.49. The average molecular weight is 307 g/mol. The molecule has 22 heavy (non-hydrogen) atoms. The molecule has 2 aromatic rings. The second-order valence-electron chi connectivity index (χ2n) is 4.15. The van der Waals surface area contributed by atoms with E-state index in [2.05, 4.69) is 9.47 Å². The summed E-state index contributed by atoms with van der Waals surface area (Å²) >= 11 is 0. The summed E-state index contributed by atoms with van der Waals surface area (Å²) in [7, 11) is 1.17. The third-order valence-corrected chi connectivity index (χ3v) is 2.86. The van der Waals surface area contributed by atoms with E-state index in [0.717, 1.165) is 0 Å². The van der Waals surface area contributed by atoms with Gasteiger partial charge in [0.25, 0.3) is 0 Å². The number of alkyl halides is 2. The van der Waals surface area contributed by atoms with Crippen LogP contribution in [0, 0.1) is 11.3 Å². The highest BCUT2D eigenvalue weighted by Gasteiger charge is 2.21. The van der Waals surface area contributed by atoms with Gasteiger partial charge in [0.1, 0.15) is 11.8 Å². The summed E-state index contributed by atoms with van der Waals surface area (Å²) in [5.41, 5.74) is 6.04. The Morgan fingerprint density at radius 1 is 1.45 bits per heavy atom. The number of ether oxygens (including phenoxy) is 2. The number of esters is 1. The van der Waals surface area contributed by atoms with Crippen LogP contribution >= 0.6 is 0 Å². The fraction of sp³-hybridized carbons (Fsp3) is 0.143. The van der Waals surface area contributed by atoms with Crippen molar-refractivity contribution < 1.29 is 23.0 Å². The number of carbonyl (C=O) groups is 1. The molecule has 0 saturated carbocycles. The number of nitriles is 1. The zero-order chi connectivity index (χ0) is 16.3. The van der Waals surface area contributed by atoms with Gasteiger partial charge in [-0.2, -0.15) is 14.0 Å². The molecule has 0 unspecified atom stereocenters. The maximum atomic E-state index is 12.3. The summed E-state index contributed by atoms with van der Waals surface area (Å²) in [6.07, 6.45) is 1.32. The predicted octanol–water partition coefficient (Wildman–Crippen LogP) is 2.32. The van der Waals surface area contributed by atoms with Crippen LogP contribution in [0.15, 0.2) is 30.5 Å². The van der Waals surface area contributed by atoms with Gasteiger partial charge in [0.05, 0.1) is 18.4 Å². The van der Waals surface area contributed by atoms with Crippen LogP contribution in [0.25, 0.3) is 5.69 Å². The number of hydrogen-bond acceptors (Lipinski definition) is 5. The quantitative estimate of drug-likeness (QED) is 0.875. The molecule has 0 aliphatic heterocycles. The molecule has 8 heteroatoms. The van der Waals surface area contributed by atoms with Gasteiger partial charge in [-0.05, 0) is 12.1 Å². The van der Waals surface area contributed by atoms with E-state index in [-0.39, 0.29) is 22.7 Å². The minimum Gasteiger partial charge on any atom is -0.464 e. The second kappa shape index (κ2) is 6.13. The molecule has 1 aromatic heterocycles. The molecule has 1 aromatic carbocycles. The van der Waals surface area contributed by atoms with E-state index >= 15 is 0 Å². The first kappa shape index (κ1) is 15.3. The van der Waals surface area contributed by atoms with Crippen molar-refractivity contribution in [3.05, 3.63) is 41.7 Å². The van der Waals surface area contributed by atoms with Gasteiger partial charge in [-0.25, -0.2) is 4.79 Å². The van der Waals surface area contributed by atoms with Crippen LogP contribution < -0.4 is 10.5 Å². The first-order valence-electron chi connectivity index (χ1n) is 6.02. The Morgan fingerprint density at radius 2 is 2.18 bits per heavy atom. The van der Waals surface area contributed by atoms with Crippen LogP contribution in [0.5, 0.6) is 5.75 Å². The van der Waals surface area contributed by atoms with Crippen LogP contribution in [-0.4, -0.2) is 24.3 Å². The van der Waals surface area contributed by atoms with E-state index in [1.54, 1.807) is 6.07 Å². The maximum absolute atomic E-state index is 12.3. The van der Waals surface area contributed by atoms with E-state index < -0.39 is 12.6 Å². The van der Waals surface area contributed by atoms with Crippen molar-refractivity contribution in [2.24, 2.45) is 0 Å². The van der Waals surface area contributed by atoms with Gasteiger partial charge >= 0.3 is 12.6 Å². The number of nitrogen functional groups attached to an aromatic ring is 1. The lowest BCUT2D eigenvalue weighted by Gasteiger charge is -2.10. The minimum absolute atomic E-state index is 0.0467. The van der Waals surface area contributed by atoms with Crippen LogP contribution in [0.4, 0.5) is 14.5 Å². The van der Waals surface area contributed by atoms with Crippen molar-refractivity contribution in [1.82, 2.24) is 4.57 Å². The normalized spacial score (nSPS) is 10.3. The fourth-order valence-electron chi connectivity index (χ4n) is 1.93. The Hall–Kier alpha value is -3.08. The van der Waals surface area contributed by atoms with Gasteiger partial charge in [0.15, 0.2) is 5.69 Å². The summed E-state index contributed by atoms with van der Waals surface area (Å²) in [4.78, 5) is 11.8. The van der Waals surface area contributed by atoms with E-state index in [0.29, 0.717) is 5.69 Å². The standard InChI is InChI=1S/C14H11F2N3O3/c1-21-13(20)12-11(18)8(6-17)7-19(12)9-3-2-4-10(5-9)22-14(15)16/h2-5,7,14H,18H2,1H3. The Labute approximate surface area is 124 Å². The molecule has 0 aliphatic rings. The Balaban J connectivity index is 2.57. The molecule has 0 fully saturated rings. The van der Waals surface area contributed by atoms with E-state index in [4.69, 9.17) is 11.0 Å². The summed E-state index contributed by atoms with van der Waals surface area (Å²) in [6.45, 7) is -2.97. The molecule has 2 N–H and O–H groups in total. The van der Waals surface area contributed by atoms with Crippen LogP contribution in [-0.2, 0) is 4.74 Å². The van der Waals surface area contributed by atoms with E-state index in [1.165, 1.54) is 36.1 Å². The molecule has 1 heterocycles. The highest BCUT2D eigenvalue weighted by atomic mass is 19.3. The van der Waals surface area contributed by atoms with Crippen molar-refractivity contribution >= 4 is 11.7 Å². The number of hydrogen-bond donors (Lipinski definition) is 1. The molecule has 0 aliphatic carbocycles. The minimum atomic E-state index is -2.97. The number of nitrogens with two attached hydrogens (primary N) is 1. The number of nitrogens with zero attached hydrogens (tertiary/aromatic N) is 2. The molecule has 2 rings (SSSR count). The van der Waals surface area contributed by atoms with Crippen LogP contribution in [0.2, 0.25) is 0 Å².